The number of hydrogen-bond donors (Lipinski definition) is 1. The normalized spacial score (nSPS) is 14.1. The van der Waals surface area contributed by atoms with Crippen molar-refractivity contribution in [2.75, 3.05) is 31.2 Å². The summed E-state index contributed by atoms with van der Waals surface area (Å²) in [5.41, 5.74) is 3.09. The summed E-state index contributed by atoms with van der Waals surface area (Å²) in [5.74, 6) is 0.170. The molecule has 7 heteroatoms. The lowest BCUT2D eigenvalue weighted by molar-refractivity contribution is 0.0941. The molecular weight excluding hydrogens is 378 g/mol. The van der Waals surface area contributed by atoms with Crippen molar-refractivity contribution in [3.8, 4) is 11.3 Å². The van der Waals surface area contributed by atoms with Crippen LogP contribution >= 0.6 is 11.6 Å². The van der Waals surface area contributed by atoms with Crippen LogP contribution in [0.15, 0.2) is 59.1 Å². The van der Waals surface area contributed by atoms with Crippen LogP contribution in [0.2, 0.25) is 5.02 Å². The Morgan fingerprint density at radius 3 is 2.68 bits per heavy atom. The van der Waals surface area contributed by atoms with Gasteiger partial charge in [0.25, 0.3) is 5.91 Å². The summed E-state index contributed by atoms with van der Waals surface area (Å²) in [6.45, 7) is 3.51. The molecule has 0 unspecified atom stereocenters. The summed E-state index contributed by atoms with van der Waals surface area (Å²) in [6.07, 6.45) is 0. The molecule has 0 spiro atoms. The number of morpholine rings is 1. The fourth-order valence-corrected chi connectivity index (χ4v) is 3.44. The van der Waals surface area contributed by atoms with Gasteiger partial charge < -0.3 is 19.5 Å². The number of benzene rings is 2. The molecule has 1 saturated heterocycles. The van der Waals surface area contributed by atoms with Crippen molar-refractivity contribution in [3.63, 3.8) is 0 Å². The molecule has 0 atom stereocenters. The topological polar surface area (TPSA) is 67.6 Å². The van der Waals surface area contributed by atoms with E-state index < -0.39 is 0 Å². The first kappa shape index (κ1) is 18.5. The van der Waals surface area contributed by atoms with Crippen molar-refractivity contribution in [1.29, 1.82) is 0 Å². The summed E-state index contributed by atoms with van der Waals surface area (Å²) >= 11 is 6.18. The lowest BCUT2D eigenvalue weighted by Crippen LogP contribution is -2.37. The highest BCUT2D eigenvalue weighted by Gasteiger charge is 2.17. The number of anilines is 1. The van der Waals surface area contributed by atoms with E-state index in [9.17, 15) is 4.79 Å². The fraction of sp³-hybridized carbons (Fsp3) is 0.238. The van der Waals surface area contributed by atoms with Crippen LogP contribution in [0, 0.1) is 0 Å². The van der Waals surface area contributed by atoms with Gasteiger partial charge in [0, 0.05) is 37.0 Å². The second-order valence-electron chi connectivity index (χ2n) is 6.47. The predicted octanol–water partition coefficient (Wildman–Crippen LogP) is 3.76. The van der Waals surface area contributed by atoms with Gasteiger partial charge in [0.15, 0.2) is 11.5 Å². The Morgan fingerprint density at radius 2 is 1.86 bits per heavy atom. The molecule has 2 heterocycles. The van der Waals surface area contributed by atoms with Gasteiger partial charge in [0.05, 0.1) is 18.2 Å². The molecule has 2 aromatic carbocycles. The summed E-state index contributed by atoms with van der Waals surface area (Å²) in [4.78, 5) is 14.8. The maximum Gasteiger partial charge on any atom is 0.273 e. The third-order valence-electron chi connectivity index (χ3n) is 4.66. The molecule has 1 aromatic heterocycles. The molecule has 0 radical (unpaired) electrons. The maximum absolute atomic E-state index is 12.5. The fourth-order valence-electron chi connectivity index (χ4n) is 3.21. The highest BCUT2D eigenvalue weighted by atomic mass is 35.5. The van der Waals surface area contributed by atoms with E-state index in [0.29, 0.717) is 36.1 Å². The van der Waals surface area contributed by atoms with Crippen molar-refractivity contribution in [2.24, 2.45) is 0 Å². The van der Waals surface area contributed by atoms with Gasteiger partial charge in [-0.3, -0.25) is 4.79 Å². The standard InChI is InChI=1S/C21H20ClN3O3/c22-17-7-3-2-6-16(17)20-13-18(24-28-20)21(26)23-14-15-5-1-4-8-19(15)25-9-11-27-12-10-25/h1-8,13H,9-12,14H2,(H,23,26). The molecule has 1 fully saturated rings. The minimum Gasteiger partial charge on any atom is -0.378 e. The van der Waals surface area contributed by atoms with Crippen LogP contribution in [-0.4, -0.2) is 37.4 Å². The molecule has 6 nitrogen and oxygen atoms in total. The van der Waals surface area contributed by atoms with E-state index in [-0.39, 0.29) is 11.6 Å². The number of hydrogen-bond acceptors (Lipinski definition) is 5. The third kappa shape index (κ3) is 4.03. The van der Waals surface area contributed by atoms with Crippen molar-refractivity contribution in [3.05, 3.63) is 70.9 Å². The van der Waals surface area contributed by atoms with Crippen molar-refractivity contribution in [1.82, 2.24) is 10.5 Å². The highest BCUT2D eigenvalue weighted by Crippen LogP contribution is 2.28. The van der Waals surface area contributed by atoms with Crippen LogP contribution < -0.4 is 10.2 Å². The monoisotopic (exact) mass is 397 g/mol. The van der Waals surface area contributed by atoms with E-state index in [1.807, 2.05) is 36.4 Å². The van der Waals surface area contributed by atoms with Crippen molar-refractivity contribution in [2.45, 2.75) is 6.54 Å². The molecule has 0 bridgehead atoms. The summed E-state index contributed by atoms with van der Waals surface area (Å²) in [6, 6.07) is 16.9. The molecule has 1 aliphatic heterocycles. The average molecular weight is 398 g/mol. The molecule has 4 rings (SSSR count). The number of aromatic nitrogens is 1. The Morgan fingerprint density at radius 1 is 1.11 bits per heavy atom. The number of para-hydroxylation sites is 1. The highest BCUT2D eigenvalue weighted by molar-refractivity contribution is 6.33. The molecular formula is C21H20ClN3O3. The Hall–Kier alpha value is -2.83. The number of nitrogens with zero attached hydrogens (tertiary/aromatic N) is 2. The number of amides is 1. The van der Waals surface area contributed by atoms with E-state index in [1.165, 1.54) is 0 Å². The van der Waals surface area contributed by atoms with Gasteiger partial charge in [0.2, 0.25) is 0 Å². The first-order valence-electron chi connectivity index (χ1n) is 9.13. The lowest BCUT2D eigenvalue weighted by Gasteiger charge is -2.30. The van der Waals surface area contributed by atoms with Gasteiger partial charge in [-0.15, -0.1) is 0 Å². The van der Waals surface area contributed by atoms with E-state index in [4.69, 9.17) is 20.9 Å². The molecule has 1 aliphatic rings. The van der Waals surface area contributed by atoms with E-state index >= 15 is 0 Å². The number of nitrogens with one attached hydrogen (secondary N) is 1. The van der Waals surface area contributed by atoms with E-state index in [1.54, 1.807) is 12.1 Å². The zero-order valence-electron chi connectivity index (χ0n) is 15.2. The number of rotatable bonds is 5. The van der Waals surface area contributed by atoms with Crippen LogP contribution in [0.1, 0.15) is 16.1 Å². The molecule has 1 amide bonds. The molecule has 144 valence electrons. The van der Waals surface area contributed by atoms with Gasteiger partial charge in [-0.05, 0) is 23.8 Å². The zero-order chi connectivity index (χ0) is 19.3. The van der Waals surface area contributed by atoms with Gasteiger partial charge in [-0.25, -0.2) is 0 Å². The second kappa shape index (κ2) is 8.46. The zero-order valence-corrected chi connectivity index (χ0v) is 16.0. The Balaban J connectivity index is 1.45. The van der Waals surface area contributed by atoms with Gasteiger partial charge in [-0.2, -0.15) is 0 Å². The van der Waals surface area contributed by atoms with Gasteiger partial charge in [0.1, 0.15) is 0 Å². The number of carbonyl (C=O) groups is 1. The van der Waals surface area contributed by atoms with Crippen molar-refractivity contribution < 1.29 is 14.1 Å². The molecule has 1 N–H and O–H groups in total. The number of ether oxygens (including phenoxy) is 1. The van der Waals surface area contributed by atoms with Gasteiger partial charge >= 0.3 is 0 Å². The first-order chi connectivity index (χ1) is 13.7. The summed E-state index contributed by atoms with van der Waals surface area (Å²) in [5, 5.41) is 7.35. The third-order valence-corrected chi connectivity index (χ3v) is 4.99. The van der Waals surface area contributed by atoms with E-state index in [0.717, 1.165) is 24.3 Å². The maximum atomic E-state index is 12.5. The minimum atomic E-state index is -0.293. The second-order valence-corrected chi connectivity index (χ2v) is 6.87. The molecule has 3 aromatic rings. The van der Waals surface area contributed by atoms with Crippen LogP contribution in [0.25, 0.3) is 11.3 Å². The largest absolute Gasteiger partial charge is 0.378 e. The van der Waals surface area contributed by atoms with Crippen LogP contribution in [0.3, 0.4) is 0 Å². The van der Waals surface area contributed by atoms with Crippen LogP contribution in [-0.2, 0) is 11.3 Å². The summed E-state index contributed by atoms with van der Waals surface area (Å²) < 4.78 is 10.7. The number of carbonyl (C=O) groups excluding carboxylic acids is 1. The number of halogens is 1. The Labute approximate surface area is 168 Å². The smallest absolute Gasteiger partial charge is 0.273 e. The average Bonchev–Trinajstić information content (AvgIpc) is 3.23. The SMILES string of the molecule is O=C(NCc1ccccc1N1CCOCC1)c1cc(-c2ccccc2Cl)on1. The molecule has 28 heavy (non-hydrogen) atoms. The minimum absolute atomic E-state index is 0.221. The van der Waals surface area contributed by atoms with E-state index in [2.05, 4.69) is 21.4 Å². The Bertz CT molecular complexity index is 967. The van der Waals surface area contributed by atoms with Crippen LogP contribution in [0.4, 0.5) is 5.69 Å². The first-order valence-corrected chi connectivity index (χ1v) is 9.50. The van der Waals surface area contributed by atoms with Gasteiger partial charge in [-0.1, -0.05) is 47.1 Å². The Kier molecular flexibility index (Phi) is 5.60. The quantitative estimate of drug-likeness (QED) is 0.710. The lowest BCUT2D eigenvalue weighted by atomic mass is 10.1. The van der Waals surface area contributed by atoms with Crippen molar-refractivity contribution >= 4 is 23.2 Å². The molecule has 0 saturated carbocycles. The summed E-state index contributed by atoms with van der Waals surface area (Å²) in [7, 11) is 0. The molecule has 0 aliphatic carbocycles. The van der Waals surface area contributed by atoms with Crippen LogP contribution in [0.5, 0.6) is 0 Å². The predicted molar refractivity (Wildman–Crippen MR) is 108 cm³/mol.